The van der Waals surface area contributed by atoms with Gasteiger partial charge in [0.15, 0.2) is 0 Å². The van der Waals surface area contributed by atoms with Crippen LogP contribution in [0.15, 0.2) is 53.6 Å². The van der Waals surface area contributed by atoms with E-state index in [0.717, 1.165) is 17.7 Å². The van der Waals surface area contributed by atoms with Gasteiger partial charge in [-0.3, -0.25) is 4.79 Å². The summed E-state index contributed by atoms with van der Waals surface area (Å²) in [7, 11) is 0. The Morgan fingerprint density at radius 2 is 2.00 bits per heavy atom. The van der Waals surface area contributed by atoms with Gasteiger partial charge in [-0.15, -0.1) is 0 Å². The molecule has 1 amide bonds. The van der Waals surface area contributed by atoms with Crippen LogP contribution in [-0.4, -0.2) is 18.7 Å². The van der Waals surface area contributed by atoms with Crippen molar-refractivity contribution >= 4 is 17.8 Å². The molecule has 0 aliphatic heterocycles. The molecule has 0 saturated carbocycles. The van der Waals surface area contributed by atoms with E-state index in [4.69, 9.17) is 10.5 Å². The maximum absolute atomic E-state index is 12.0. The van der Waals surface area contributed by atoms with Crippen molar-refractivity contribution in [2.45, 2.75) is 32.6 Å². The molecule has 0 aliphatic rings. The van der Waals surface area contributed by atoms with Gasteiger partial charge in [0, 0.05) is 5.69 Å². The van der Waals surface area contributed by atoms with Crippen molar-refractivity contribution in [1.82, 2.24) is 5.43 Å². The van der Waals surface area contributed by atoms with Crippen LogP contribution >= 0.6 is 0 Å². The molecule has 2 aromatic rings. The number of hydrazone groups is 1. The summed E-state index contributed by atoms with van der Waals surface area (Å²) < 4.78 is 5.74. The predicted octanol–water partition coefficient (Wildman–Crippen LogP) is 3.99. The Morgan fingerprint density at radius 3 is 2.80 bits per heavy atom. The zero-order valence-corrected chi connectivity index (χ0v) is 14.6. The average Bonchev–Trinajstić information content (AvgIpc) is 2.62. The van der Waals surface area contributed by atoms with Crippen LogP contribution in [0.2, 0.25) is 0 Å². The number of carbonyl (C=O) groups excluding carboxylic acids is 1. The van der Waals surface area contributed by atoms with Crippen LogP contribution in [0.4, 0.5) is 5.69 Å². The molecule has 0 spiro atoms. The third-order valence-corrected chi connectivity index (χ3v) is 3.71. The van der Waals surface area contributed by atoms with E-state index >= 15 is 0 Å². The second-order valence-electron chi connectivity index (χ2n) is 5.77. The fourth-order valence-corrected chi connectivity index (χ4v) is 2.33. The number of para-hydroxylation sites is 1. The Morgan fingerprint density at radius 1 is 1.16 bits per heavy atom. The summed E-state index contributed by atoms with van der Waals surface area (Å²) in [5.74, 6) is 0.469. The normalized spacial score (nSPS) is 10.8. The van der Waals surface area contributed by atoms with E-state index in [-0.39, 0.29) is 5.91 Å². The molecule has 0 fully saturated rings. The van der Waals surface area contributed by atoms with Gasteiger partial charge in [0.1, 0.15) is 5.75 Å². The predicted molar refractivity (Wildman–Crippen MR) is 102 cm³/mol. The monoisotopic (exact) mass is 339 g/mol. The first-order chi connectivity index (χ1) is 12.2. The minimum atomic E-state index is -0.335. The van der Waals surface area contributed by atoms with Crippen LogP contribution in [0.25, 0.3) is 0 Å². The molecule has 2 rings (SSSR count). The number of nitrogens with two attached hydrogens (primary N) is 1. The molecule has 0 unspecified atom stereocenters. The number of hydrogen-bond acceptors (Lipinski definition) is 4. The molecule has 3 N–H and O–H groups in total. The Balaban J connectivity index is 1.85. The minimum absolute atomic E-state index is 0.335. The number of nitrogens with zero attached hydrogens (tertiary/aromatic N) is 1. The molecule has 132 valence electrons. The van der Waals surface area contributed by atoms with E-state index in [1.807, 2.05) is 24.3 Å². The van der Waals surface area contributed by atoms with Gasteiger partial charge in [0.05, 0.1) is 18.4 Å². The molecule has 5 heteroatoms. The van der Waals surface area contributed by atoms with Gasteiger partial charge >= 0.3 is 0 Å². The van der Waals surface area contributed by atoms with Crippen LogP contribution in [0.1, 0.15) is 48.5 Å². The number of amides is 1. The standard InChI is InChI=1S/C20H25N3O2/c1-2-3-4-7-13-25-17-10-8-9-16(14-17)15-22-23-20(24)18-11-5-6-12-19(18)21/h5-6,8-12,14-15H,2-4,7,13,21H2,1H3,(H,23,24)/b22-15+. The highest BCUT2D eigenvalue weighted by Crippen LogP contribution is 2.13. The van der Waals surface area contributed by atoms with Crippen molar-refractivity contribution in [2.75, 3.05) is 12.3 Å². The Labute approximate surface area is 148 Å². The fourth-order valence-electron chi connectivity index (χ4n) is 2.33. The largest absolute Gasteiger partial charge is 0.494 e. The first kappa shape index (κ1) is 18.5. The van der Waals surface area contributed by atoms with Crippen LogP contribution in [-0.2, 0) is 0 Å². The maximum atomic E-state index is 12.0. The third kappa shape index (κ3) is 6.30. The molecule has 0 aromatic heterocycles. The van der Waals surface area contributed by atoms with E-state index in [1.165, 1.54) is 19.3 Å². The Bertz CT molecular complexity index is 714. The maximum Gasteiger partial charge on any atom is 0.273 e. The van der Waals surface area contributed by atoms with E-state index in [2.05, 4.69) is 17.5 Å². The average molecular weight is 339 g/mol. The summed E-state index contributed by atoms with van der Waals surface area (Å²) in [4.78, 5) is 12.0. The van der Waals surface area contributed by atoms with Gasteiger partial charge in [0.25, 0.3) is 5.91 Å². The zero-order valence-electron chi connectivity index (χ0n) is 14.6. The van der Waals surface area contributed by atoms with Crippen molar-refractivity contribution in [3.63, 3.8) is 0 Å². The summed E-state index contributed by atoms with van der Waals surface area (Å²) in [5.41, 5.74) is 9.94. The van der Waals surface area contributed by atoms with Crippen molar-refractivity contribution in [1.29, 1.82) is 0 Å². The van der Waals surface area contributed by atoms with Crippen LogP contribution in [0, 0.1) is 0 Å². The summed E-state index contributed by atoms with van der Waals surface area (Å²) >= 11 is 0. The van der Waals surface area contributed by atoms with Gasteiger partial charge in [0.2, 0.25) is 0 Å². The fraction of sp³-hybridized carbons (Fsp3) is 0.300. The molecule has 25 heavy (non-hydrogen) atoms. The van der Waals surface area contributed by atoms with Crippen LogP contribution in [0.3, 0.4) is 0 Å². The van der Waals surface area contributed by atoms with Crippen molar-refractivity contribution in [3.05, 3.63) is 59.7 Å². The molecular formula is C20H25N3O2. The molecule has 0 aliphatic carbocycles. The van der Waals surface area contributed by atoms with E-state index in [9.17, 15) is 4.79 Å². The number of nitrogens with one attached hydrogen (secondary N) is 1. The molecular weight excluding hydrogens is 314 g/mol. The lowest BCUT2D eigenvalue weighted by Gasteiger charge is -2.06. The Kier molecular flexibility index (Phi) is 7.50. The molecule has 0 radical (unpaired) electrons. The lowest BCUT2D eigenvalue weighted by Crippen LogP contribution is -2.18. The molecule has 0 saturated heterocycles. The SMILES string of the molecule is CCCCCCOc1cccc(/C=N/NC(=O)c2ccccc2N)c1. The molecule has 0 atom stereocenters. The highest BCUT2D eigenvalue weighted by Gasteiger charge is 2.06. The number of hydrogen-bond donors (Lipinski definition) is 2. The van der Waals surface area contributed by atoms with Crippen molar-refractivity contribution < 1.29 is 9.53 Å². The van der Waals surface area contributed by atoms with Crippen molar-refractivity contribution in [2.24, 2.45) is 5.10 Å². The topological polar surface area (TPSA) is 76.7 Å². The smallest absolute Gasteiger partial charge is 0.273 e. The van der Waals surface area contributed by atoms with Gasteiger partial charge in [-0.05, 0) is 36.2 Å². The van der Waals surface area contributed by atoms with Gasteiger partial charge < -0.3 is 10.5 Å². The van der Waals surface area contributed by atoms with Crippen molar-refractivity contribution in [3.8, 4) is 5.75 Å². The molecule has 2 aromatic carbocycles. The van der Waals surface area contributed by atoms with E-state index in [1.54, 1.807) is 30.5 Å². The van der Waals surface area contributed by atoms with E-state index < -0.39 is 0 Å². The highest BCUT2D eigenvalue weighted by molar-refractivity contribution is 5.99. The zero-order chi connectivity index (χ0) is 17.9. The number of rotatable bonds is 9. The summed E-state index contributed by atoms with van der Waals surface area (Å²) in [6.07, 6.45) is 6.28. The summed E-state index contributed by atoms with van der Waals surface area (Å²) in [6.45, 7) is 2.90. The Hall–Kier alpha value is -2.82. The summed E-state index contributed by atoms with van der Waals surface area (Å²) in [6, 6.07) is 14.5. The second-order valence-corrected chi connectivity index (χ2v) is 5.77. The number of ether oxygens (including phenoxy) is 1. The minimum Gasteiger partial charge on any atom is -0.494 e. The summed E-state index contributed by atoms with van der Waals surface area (Å²) in [5, 5.41) is 3.99. The first-order valence-corrected chi connectivity index (χ1v) is 8.61. The quantitative estimate of drug-likeness (QED) is 0.314. The highest BCUT2D eigenvalue weighted by atomic mass is 16.5. The number of nitrogen functional groups attached to an aromatic ring is 1. The van der Waals surface area contributed by atoms with Gasteiger partial charge in [-0.1, -0.05) is 50.5 Å². The number of unbranched alkanes of at least 4 members (excludes halogenated alkanes) is 3. The van der Waals surface area contributed by atoms with Crippen LogP contribution < -0.4 is 15.9 Å². The second kappa shape index (κ2) is 10.1. The molecule has 5 nitrogen and oxygen atoms in total. The first-order valence-electron chi connectivity index (χ1n) is 8.61. The number of benzene rings is 2. The lowest BCUT2D eigenvalue weighted by atomic mass is 10.2. The van der Waals surface area contributed by atoms with Crippen LogP contribution in [0.5, 0.6) is 5.75 Å². The molecule has 0 heterocycles. The number of carbonyl (C=O) groups is 1. The third-order valence-electron chi connectivity index (χ3n) is 3.71. The molecule has 0 bridgehead atoms. The van der Waals surface area contributed by atoms with Gasteiger partial charge in [-0.25, -0.2) is 5.43 Å². The van der Waals surface area contributed by atoms with Gasteiger partial charge in [-0.2, -0.15) is 5.10 Å². The van der Waals surface area contributed by atoms with E-state index in [0.29, 0.717) is 17.9 Å². The lowest BCUT2D eigenvalue weighted by molar-refractivity contribution is 0.0956. The number of anilines is 1.